The molecule has 0 aromatic heterocycles. The van der Waals surface area contributed by atoms with Crippen molar-refractivity contribution in [2.24, 2.45) is 4.99 Å². The summed E-state index contributed by atoms with van der Waals surface area (Å²) in [5, 5.41) is 14.2. The summed E-state index contributed by atoms with van der Waals surface area (Å²) in [4.78, 5) is 13.4. The molecule has 1 aliphatic heterocycles. The van der Waals surface area contributed by atoms with E-state index in [-0.39, 0.29) is 6.04 Å². The Morgan fingerprint density at radius 2 is 1.75 bits per heavy atom. The first-order valence-electron chi connectivity index (χ1n) is 7.98. The molecule has 0 aliphatic carbocycles. The van der Waals surface area contributed by atoms with Gasteiger partial charge in [0.05, 0.1) is 12.6 Å². The molecule has 2 aromatic rings. The standard InChI is InChI=1S/C17H19N3.C2H4O2/c1-3-7-14(8-4-1)13-16(15-9-5-2-6-10-15)20-17-18-11-12-19-17;1-2(3)4/h1-10,16H,11-13H2,(H2,18,19,20);1H3,(H,3,4). The molecule has 24 heavy (non-hydrogen) atoms. The fourth-order valence-corrected chi connectivity index (χ4v) is 2.45. The Balaban J connectivity index is 0.000000471. The summed E-state index contributed by atoms with van der Waals surface area (Å²) in [5.41, 5.74) is 2.61. The second kappa shape index (κ2) is 9.35. The Bertz CT molecular complexity index is 653. The maximum absolute atomic E-state index is 9.00. The molecule has 1 unspecified atom stereocenters. The molecule has 0 saturated heterocycles. The highest BCUT2D eigenvalue weighted by Gasteiger charge is 2.15. The summed E-state index contributed by atoms with van der Waals surface area (Å²) in [7, 11) is 0. The van der Waals surface area contributed by atoms with Crippen LogP contribution >= 0.6 is 0 Å². The number of benzene rings is 2. The minimum atomic E-state index is -0.833. The van der Waals surface area contributed by atoms with Gasteiger partial charge < -0.3 is 15.7 Å². The van der Waals surface area contributed by atoms with E-state index < -0.39 is 5.97 Å². The van der Waals surface area contributed by atoms with Gasteiger partial charge in [-0.3, -0.25) is 9.79 Å². The zero-order chi connectivity index (χ0) is 17.2. The van der Waals surface area contributed by atoms with Crippen LogP contribution in [0.5, 0.6) is 0 Å². The van der Waals surface area contributed by atoms with Gasteiger partial charge in [0.1, 0.15) is 0 Å². The summed E-state index contributed by atoms with van der Waals surface area (Å²) >= 11 is 0. The van der Waals surface area contributed by atoms with Crippen LogP contribution in [0.2, 0.25) is 0 Å². The van der Waals surface area contributed by atoms with Gasteiger partial charge >= 0.3 is 0 Å². The Kier molecular flexibility index (Phi) is 6.83. The smallest absolute Gasteiger partial charge is 0.300 e. The van der Waals surface area contributed by atoms with E-state index in [4.69, 9.17) is 9.90 Å². The number of carboxylic acid groups (broad SMARTS) is 1. The van der Waals surface area contributed by atoms with Crippen molar-refractivity contribution in [2.45, 2.75) is 19.4 Å². The molecule has 0 bridgehead atoms. The van der Waals surface area contributed by atoms with E-state index in [9.17, 15) is 0 Å². The predicted octanol–water partition coefficient (Wildman–Crippen LogP) is 2.61. The minimum Gasteiger partial charge on any atom is -0.481 e. The third-order valence-electron chi connectivity index (χ3n) is 3.47. The lowest BCUT2D eigenvalue weighted by atomic mass is 9.99. The SMILES string of the molecule is CC(=O)O.c1ccc(CC(NC2=NCCN2)c2ccccc2)cc1. The molecule has 0 saturated carbocycles. The van der Waals surface area contributed by atoms with Crippen LogP contribution in [-0.4, -0.2) is 30.1 Å². The summed E-state index contributed by atoms with van der Waals surface area (Å²) in [6.07, 6.45) is 0.950. The molecule has 3 rings (SSSR count). The van der Waals surface area contributed by atoms with E-state index in [0.717, 1.165) is 32.4 Å². The van der Waals surface area contributed by atoms with Crippen LogP contribution in [0, 0.1) is 0 Å². The van der Waals surface area contributed by atoms with Crippen molar-refractivity contribution in [3.8, 4) is 0 Å². The van der Waals surface area contributed by atoms with Crippen molar-refractivity contribution in [3.05, 3.63) is 71.8 Å². The number of guanidine groups is 1. The van der Waals surface area contributed by atoms with Crippen molar-refractivity contribution < 1.29 is 9.90 Å². The molecule has 3 N–H and O–H groups in total. The van der Waals surface area contributed by atoms with Gasteiger partial charge in [0, 0.05) is 13.5 Å². The normalized spacial score (nSPS) is 13.8. The van der Waals surface area contributed by atoms with E-state index >= 15 is 0 Å². The summed E-state index contributed by atoms with van der Waals surface area (Å²) in [6.45, 7) is 2.87. The Morgan fingerprint density at radius 1 is 1.17 bits per heavy atom. The number of aliphatic carboxylic acids is 1. The monoisotopic (exact) mass is 325 g/mol. The third kappa shape index (κ3) is 6.12. The zero-order valence-corrected chi connectivity index (χ0v) is 13.8. The van der Waals surface area contributed by atoms with Crippen molar-refractivity contribution in [1.29, 1.82) is 0 Å². The predicted molar refractivity (Wildman–Crippen MR) is 96.1 cm³/mol. The Labute approximate surface area is 142 Å². The molecule has 0 amide bonds. The van der Waals surface area contributed by atoms with Crippen LogP contribution < -0.4 is 10.6 Å². The van der Waals surface area contributed by atoms with Gasteiger partial charge in [-0.15, -0.1) is 0 Å². The van der Waals surface area contributed by atoms with Gasteiger partial charge in [-0.25, -0.2) is 0 Å². The second-order valence-electron chi connectivity index (χ2n) is 5.47. The maximum Gasteiger partial charge on any atom is 0.300 e. The molecule has 1 heterocycles. The lowest BCUT2D eigenvalue weighted by Crippen LogP contribution is -2.37. The zero-order valence-electron chi connectivity index (χ0n) is 13.8. The highest BCUT2D eigenvalue weighted by Crippen LogP contribution is 2.18. The van der Waals surface area contributed by atoms with Crippen LogP contribution in [0.25, 0.3) is 0 Å². The lowest BCUT2D eigenvalue weighted by molar-refractivity contribution is -0.134. The summed E-state index contributed by atoms with van der Waals surface area (Å²) < 4.78 is 0. The van der Waals surface area contributed by atoms with Crippen LogP contribution in [0.15, 0.2) is 65.7 Å². The maximum atomic E-state index is 9.00. The number of hydrogen-bond acceptors (Lipinski definition) is 4. The molecule has 5 nitrogen and oxygen atoms in total. The van der Waals surface area contributed by atoms with E-state index in [0.29, 0.717) is 0 Å². The number of nitrogens with one attached hydrogen (secondary N) is 2. The van der Waals surface area contributed by atoms with E-state index in [1.807, 2.05) is 0 Å². The fourth-order valence-electron chi connectivity index (χ4n) is 2.45. The molecule has 0 spiro atoms. The summed E-state index contributed by atoms with van der Waals surface area (Å²) in [6, 6.07) is 21.3. The number of carboxylic acids is 1. The molecule has 2 aromatic carbocycles. The van der Waals surface area contributed by atoms with Gasteiger partial charge in [-0.2, -0.15) is 0 Å². The van der Waals surface area contributed by atoms with Gasteiger partial charge in [0.2, 0.25) is 0 Å². The third-order valence-corrected chi connectivity index (χ3v) is 3.47. The fraction of sp³-hybridized carbons (Fsp3) is 0.263. The number of hydrogen-bond donors (Lipinski definition) is 3. The van der Waals surface area contributed by atoms with E-state index in [2.05, 4.69) is 76.3 Å². The van der Waals surface area contributed by atoms with Crippen LogP contribution in [0.3, 0.4) is 0 Å². The first-order valence-corrected chi connectivity index (χ1v) is 7.98. The minimum absolute atomic E-state index is 0.239. The average molecular weight is 325 g/mol. The van der Waals surface area contributed by atoms with Crippen LogP contribution in [0.4, 0.5) is 0 Å². The molecule has 0 fully saturated rings. The number of carbonyl (C=O) groups is 1. The molecule has 1 atom stereocenters. The average Bonchev–Trinajstić information content (AvgIpc) is 3.09. The van der Waals surface area contributed by atoms with Gasteiger partial charge in [-0.1, -0.05) is 60.7 Å². The van der Waals surface area contributed by atoms with Crippen LogP contribution in [-0.2, 0) is 11.2 Å². The van der Waals surface area contributed by atoms with Crippen LogP contribution in [0.1, 0.15) is 24.1 Å². The van der Waals surface area contributed by atoms with Crippen molar-refractivity contribution in [1.82, 2.24) is 10.6 Å². The van der Waals surface area contributed by atoms with Gasteiger partial charge in [0.15, 0.2) is 5.96 Å². The number of rotatable bonds is 4. The number of nitrogens with zero attached hydrogens (tertiary/aromatic N) is 1. The first-order chi connectivity index (χ1) is 11.6. The molecule has 1 aliphatic rings. The Morgan fingerprint density at radius 3 is 2.29 bits per heavy atom. The summed E-state index contributed by atoms with van der Waals surface area (Å²) in [5.74, 6) is 0.0785. The number of aliphatic imine (C=N–C) groups is 1. The van der Waals surface area contributed by atoms with Gasteiger partial charge in [-0.05, 0) is 17.5 Å². The Hall–Kier alpha value is -2.82. The molecular formula is C19H23N3O2. The largest absolute Gasteiger partial charge is 0.481 e. The molecule has 0 radical (unpaired) electrons. The topological polar surface area (TPSA) is 73.7 Å². The second-order valence-corrected chi connectivity index (χ2v) is 5.47. The van der Waals surface area contributed by atoms with Gasteiger partial charge in [0.25, 0.3) is 5.97 Å². The van der Waals surface area contributed by atoms with Crippen molar-refractivity contribution in [2.75, 3.05) is 13.1 Å². The highest BCUT2D eigenvalue weighted by atomic mass is 16.4. The van der Waals surface area contributed by atoms with E-state index in [1.54, 1.807) is 0 Å². The van der Waals surface area contributed by atoms with E-state index in [1.165, 1.54) is 11.1 Å². The van der Waals surface area contributed by atoms with Crippen molar-refractivity contribution in [3.63, 3.8) is 0 Å². The first kappa shape index (κ1) is 17.5. The molecule has 126 valence electrons. The van der Waals surface area contributed by atoms with Crippen molar-refractivity contribution >= 4 is 11.9 Å². The quantitative estimate of drug-likeness (QED) is 0.808. The molecular weight excluding hydrogens is 302 g/mol. The lowest BCUT2D eigenvalue weighted by Gasteiger charge is -2.20. The molecule has 5 heteroatoms. The highest BCUT2D eigenvalue weighted by molar-refractivity contribution is 5.81.